The lowest BCUT2D eigenvalue weighted by Crippen LogP contribution is -2.39. The summed E-state index contributed by atoms with van der Waals surface area (Å²) >= 11 is 3.70. The van der Waals surface area contributed by atoms with Crippen molar-refractivity contribution in [1.29, 1.82) is 0 Å². The predicted molar refractivity (Wildman–Crippen MR) is 91.8 cm³/mol. The molecule has 122 valence electrons. The first-order chi connectivity index (χ1) is 9.78. The van der Waals surface area contributed by atoms with E-state index < -0.39 is 0 Å². The Bertz CT molecular complexity index is 437. The van der Waals surface area contributed by atoms with Gasteiger partial charge in [-0.1, -0.05) is 13.8 Å². The molecule has 1 heterocycles. The molecular formula is C16H30BrN3O. The maximum Gasteiger partial charge on any atom is 0.0766 e. The number of nitrogens with zero attached hydrogens (tertiary/aromatic N) is 2. The molecule has 1 unspecified atom stereocenters. The number of hydrogen-bond donors (Lipinski definition) is 1. The van der Waals surface area contributed by atoms with Gasteiger partial charge in [-0.2, -0.15) is 5.10 Å². The van der Waals surface area contributed by atoms with E-state index >= 15 is 0 Å². The molecule has 0 aliphatic heterocycles. The highest BCUT2D eigenvalue weighted by molar-refractivity contribution is 9.10. The molecule has 0 bridgehead atoms. The fraction of sp³-hybridized carbons (Fsp3) is 0.812. The zero-order valence-electron chi connectivity index (χ0n) is 14.3. The van der Waals surface area contributed by atoms with Gasteiger partial charge in [0.05, 0.1) is 28.1 Å². The molecule has 0 fully saturated rings. The van der Waals surface area contributed by atoms with Gasteiger partial charge < -0.3 is 10.1 Å². The molecule has 1 N–H and O–H groups in total. The molecule has 0 radical (unpaired) electrons. The number of nitrogens with one attached hydrogen (secondary N) is 1. The molecule has 0 amide bonds. The molecule has 0 saturated heterocycles. The normalized spacial score (nSPS) is 13.7. The van der Waals surface area contributed by atoms with E-state index in [-0.39, 0.29) is 5.60 Å². The lowest BCUT2D eigenvalue weighted by atomic mass is 10.1. The van der Waals surface area contributed by atoms with E-state index in [1.54, 1.807) is 0 Å². The highest BCUT2D eigenvalue weighted by atomic mass is 79.9. The Labute approximate surface area is 137 Å². The van der Waals surface area contributed by atoms with Gasteiger partial charge in [0.2, 0.25) is 0 Å². The van der Waals surface area contributed by atoms with E-state index in [1.807, 2.05) is 11.7 Å². The van der Waals surface area contributed by atoms with Crippen molar-refractivity contribution in [3.63, 3.8) is 0 Å². The third kappa shape index (κ3) is 6.09. The Morgan fingerprint density at radius 3 is 2.48 bits per heavy atom. The van der Waals surface area contributed by atoms with E-state index in [2.05, 4.69) is 61.0 Å². The first kappa shape index (κ1) is 18.7. The standard InChI is InChI=1S/C16H30BrN3O/c1-7-9-18-12(11-21-16(3,4)5)10-14-15(17)13(8-2)19-20(14)6/h12,18H,7-11H2,1-6H3. The molecule has 5 heteroatoms. The quantitative estimate of drug-likeness (QED) is 0.772. The summed E-state index contributed by atoms with van der Waals surface area (Å²) < 4.78 is 9.10. The van der Waals surface area contributed by atoms with Gasteiger partial charge in [-0.15, -0.1) is 0 Å². The highest BCUT2D eigenvalue weighted by Crippen LogP contribution is 2.23. The Kier molecular flexibility index (Phi) is 7.37. The minimum absolute atomic E-state index is 0.107. The topological polar surface area (TPSA) is 39.1 Å². The lowest BCUT2D eigenvalue weighted by molar-refractivity contribution is -0.0145. The van der Waals surface area contributed by atoms with Crippen molar-refractivity contribution in [2.24, 2.45) is 7.05 Å². The van der Waals surface area contributed by atoms with Gasteiger partial charge in [-0.25, -0.2) is 0 Å². The zero-order chi connectivity index (χ0) is 16.0. The summed E-state index contributed by atoms with van der Waals surface area (Å²) in [5.74, 6) is 0. The maximum absolute atomic E-state index is 5.97. The molecule has 0 saturated carbocycles. The summed E-state index contributed by atoms with van der Waals surface area (Å²) in [4.78, 5) is 0. The van der Waals surface area contributed by atoms with Gasteiger partial charge in [0.25, 0.3) is 0 Å². The van der Waals surface area contributed by atoms with Crippen LogP contribution in [0.5, 0.6) is 0 Å². The van der Waals surface area contributed by atoms with Crippen LogP contribution in [0.4, 0.5) is 0 Å². The number of rotatable bonds is 8. The summed E-state index contributed by atoms with van der Waals surface area (Å²) in [6, 6.07) is 0.306. The second-order valence-corrected chi connectivity index (χ2v) is 7.26. The number of aromatic nitrogens is 2. The molecule has 0 spiro atoms. The molecule has 0 aliphatic carbocycles. The Morgan fingerprint density at radius 2 is 2.00 bits per heavy atom. The minimum Gasteiger partial charge on any atom is -0.374 e. The Balaban J connectivity index is 2.78. The predicted octanol–water partition coefficient (Wildman–Crippen LogP) is 3.47. The summed E-state index contributed by atoms with van der Waals surface area (Å²) in [5.41, 5.74) is 2.25. The van der Waals surface area contributed by atoms with E-state index in [0.29, 0.717) is 12.6 Å². The van der Waals surface area contributed by atoms with Crippen molar-refractivity contribution in [3.05, 3.63) is 15.9 Å². The molecule has 21 heavy (non-hydrogen) atoms. The second-order valence-electron chi connectivity index (χ2n) is 6.46. The molecule has 4 nitrogen and oxygen atoms in total. The fourth-order valence-corrected chi connectivity index (χ4v) is 2.94. The van der Waals surface area contributed by atoms with Crippen molar-refractivity contribution >= 4 is 15.9 Å². The minimum atomic E-state index is -0.107. The van der Waals surface area contributed by atoms with Crippen LogP contribution < -0.4 is 5.32 Å². The molecule has 1 aromatic heterocycles. The van der Waals surface area contributed by atoms with Crippen LogP contribution in [0.1, 0.15) is 52.4 Å². The Morgan fingerprint density at radius 1 is 1.33 bits per heavy atom. The molecule has 0 aliphatic rings. The van der Waals surface area contributed by atoms with Gasteiger partial charge in [-0.3, -0.25) is 4.68 Å². The Hall–Kier alpha value is -0.390. The van der Waals surface area contributed by atoms with Crippen molar-refractivity contribution in [1.82, 2.24) is 15.1 Å². The van der Waals surface area contributed by atoms with Crippen LogP contribution in [0.3, 0.4) is 0 Å². The van der Waals surface area contributed by atoms with E-state index in [0.717, 1.165) is 36.0 Å². The van der Waals surface area contributed by atoms with E-state index in [9.17, 15) is 0 Å². The number of hydrogen-bond acceptors (Lipinski definition) is 3. The molecule has 1 aromatic rings. The van der Waals surface area contributed by atoms with Crippen LogP contribution in [-0.2, 0) is 24.6 Å². The van der Waals surface area contributed by atoms with Gasteiger partial charge in [0, 0.05) is 19.5 Å². The lowest BCUT2D eigenvalue weighted by Gasteiger charge is -2.25. The number of ether oxygens (including phenoxy) is 1. The largest absolute Gasteiger partial charge is 0.374 e. The van der Waals surface area contributed by atoms with Crippen molar-refractivity contribution in [3.8, 4) is 0 Å². The van der Waals surface area contributed by atoms with Gasteiger partial charge in [0.15, 0.2) is 0 Å². The summed E-state index contributed by atoms with van der Waals surface area (Å²) in [6.45, 7) is 12.3. The van der Waals surface area contributed by atoms with Crippen LogP contribution in [0, 0.1) is 0 Å². The van der Waals surface area contributed by atoms with Crippen LogP contribution in [0.25, 0.3) is 0 Å². The van der Waals surface area contributed by atoms with E-state index in [1.165, 1.54) is 5.69 Å². The monoisotopic (exact) mass is 359 g/mol. The summed E-state index contributed by atoms with van der Waals surface area (Å²) in [5, 5.41) is 8.16. The SMILES string of the molecule is CCCNC(COC(C)(C)C)Cc1c(Br)c(CC)nn1C. The number of aryl methyl sites for hydroxylation is 2. The molecule has 0 aromatic carbocycles. The van der Waals surface area contributed by atoms with Gasteiger partial charge >= 0.3 is 0 Å². The zero-order valence-corrected chi connectivity index (χ0v) is 15.9. The smallest absolute Gasteiger partial charge is 0.0766 e. The van der Waals surface area contributed by atoms with Crippen LogP contribution in [0.2, 0.25) is 0 Å². The van der Waals surface area contributed by atoms with Gasteiger partial charge in [-0.05, 0) is 56.1 Å². The highest BCUT2D eigenvalue weighted by Gasteiger charge is 2.20. The third-order valence-corrected chi connectivity index (χ3v) is 4.26. The maximum atomic E-state index is 5.97. The van der Waals surface area contributed by atoms with Crippen molar-refractivity contribution < 1.29 is 4.74 Å². The van der Waals surface area contributed by atoms with Gasteiger partial charge in [0.1, 0.15) is 0 Å². The molecule has 1 atom stereocenters. The summed E-state index contributed by atoms with van der Waals surface area (Å²) in [7, 11) is 2.01. The van der Waals surface area contributed by atoms with Crippen molar-refractivity contribution in [2.75, 3.05) is 13.2 Å². The van der Waals surface area contributed by atoms with Crippen LogP contribution in [0.15, 0.2) is 4.47 Å². The number of halogens is 1. The summed E-state index contributed by atoms with van der Waals surface area (Å²) in [6.07, 6.45) is 2.99. The first-order valence-electron chi connectivity index (χ1n) is 7.86. The molecular weight excluding hydrogens is 330 g/mol. The average molecular weight is 360 g/mol. The van der Waals surface area contributed by atoms with Crippen LogP contribution >= 0.6 is 15.9 Å². The average Bonchev–Trinajstić information content (AvgIpc) is 2.67. The molecule has 1 rings (SSSR count). The fourth-order valence-electron chi connectivity index (χ4n) is 2.16. The van der Waals surface area contributed by atoms with E-state index in [4.69, 9.17) is 4.74 Å². The first-order valence-corrected chi connectivity index (χ1v) is 8.65. The van der Waals surface area contributed by atoms with Crippen LogP contribution in [-0.4, -0.2) is 34.6 Å². The third-order valence-electron chi connectivity index (χ3n) is 3.34. The second kappa shape index (κ2) is 8.30. The van der Waals surface area contributed by atoms with Crippen molar-refractivity contribution in [2.45, 2.75) is 65.5 Å².